The maximum atomic E-state index is 13.0. The summed E-state index contributed by atoms with van der Waals surface area (Å²) in [5, 5.41) is 2.62. The molecule has 0 bridgehead atoms. The Morgan fingerprint density at radius 3 is 2.88 bits per heavy atom. The van der Waals surface area contributed by atoms with Crippen LogP contribution in [-0.4, -0.2) is 42.6 Å². The van der Waals surface area contributed by atoms with Crippen LogP contribution < -0.4 is 14.4 Å². The summed E-state index contributed by atoms with van der Waals surface area (Å²) in [5.74, 6) is 1.63. The average Bonchev–Trinajstić information content (AvgIpc) is 3.32. The van der Waals surface area contributed by atoms with Crippen molar-refractivity contribution >= 4 is 22.4 Å². The lowest BCUT2D eigenvalue weighted by molar-refractivity contribution is -0.119. The molecule has 2 unspecified atom stereocenters. The summed E-state index contributed by atoms with van der Waals surface area (Å²) in [7, 11) is 3.29. The highest BCUT2D eigenvalue weighted by Gasteiger charge is 2.51. The number of carbonyl (C=O) groups excluding carboxylic acids is 1. The Bertz CT molecular complexity index is 750. The SMILES string of the molecule is COc1ccc(OC)c(C2N(c3nccs3)C(=O)C3CCCN32)c1. The van der Waals surface area contributed by atoms with Crippen LogP contribution in [0, 0.1) is 0 Å². The van der Waals surface area contributed by atoms with Crippen LogP contribution in [0.2, 0.25) is 0 Å². The molecule has 0 aliphatic carbocycles. The molecule has 0 radical (unpaired) electrons. The number of methoxy groups -OCH3 is 2. The fourth-order valence-electron chi connectivity index (χ4n) is 3.67. The van der Waals surface area contributed by atoms with Crippen molar-refractivity contribution in [1.29, 1.82) is 0 Å². The topological polar surface area (TPSA) is 54.9 Å². The summed E-state index contributed by atoms with van der Waals surface area (Å²) < 4.78 is 11.0. The van der Waals surface area contributed by atoms with E-state index in [-0.39, 0.29) is 18.1 Å². The Labute approximate surface area is 144 Å². The van der Waals surface area contributed by atoms with E-state index in [4.69, 9.17) is 9.47 Å². The van der Waals surface area contributed by atoms with E-state index >= 15 is 0 Å². The summed E-state index contributed by atoms with van der Waals surface area (Å²) in [6.45, 7) is 0.892. The standard InChI is InChI=1S/C17H19N3O3S/c1-22-11-5-6-14(23-2)12(10-11)15-19-8-3-4-13(19)16(21)20(15)17-18-7-9-24-17/h5-7,9-10,13,15H,3-4,8H2,1-2H3. The van der Waals surface area contributed by atoms with Crippen LogP contribution in [0.5, 0.6) is 11.5 Å². The van der Waals surface area contributed by atoms with Crippen LogP contribution in [0.4, 0.5) is 5.13 Å². The first-order chi connectivity index (χ1) is 11.7. The third kappa shape index (κ3) is 2.27. The highest BCUT2D eigenvalue weighted by Crippen LogP contribution is 2.46. The molecule has 3 heterocycles. The maximum Gasteiger partial charge on any atom is 0.247 e. The summed E-state index contributed by atoms with van der Waals surface area (Å²) in [6, 6.07) is 5.64. The summed E-state index contributed by atoms with van der Waals surface area (Å²) in [6.07, 6.45) is 3.45. The third-order valence-corrected chi connectivity index (χ3v) is 5.49. The van der Waals surface area contributed by atoms with Gasteiger partial charge in [0.25, 0.3) is 0 Å². The zero-order valence-corrected chi connectivity index (χ0v) is 14.5. The van der Waals surface area contributed by atoms with Crippen molar-refractivity contribution in [3.8, 4) is 11.5 Å². The van der Waals surface area contributed by atoms with E-state index in [1.165, 1.54) is 11.3 Å². The molecule has 2 saturated heterocycles. The number of nitrogens with zero attached hydrogens (tertiary/aromatic N) is 3. The number of hydrogen-bond donors (Lipinski definition) is 0. The molecular weight excluding hydrogens is 326 g/mol. The molecule has 7 heteroatoms. The van der Waals surface area contributed by atoms with Crippen molar-refractivity contribution in [2.75, 3.05) is 25.7 Å². The van der Waals surface area contributed by atoms with E-state index < -0.39 is 0 Å². The molecule has 0 saturated carbocycles. The predicted octanol–water partition coefficient (Wildman–Crippen LogP) is 2.67. The van der Waals surface area contributed by atoms with Crippen molar-refractivity contribution in [3.05, 3.63) is 35.3 Å². The van der Waals surface area contributed by atoms with Crippen LogP contribution >= 0.6 is 11.3 Å². The van der Waals surface area contributed by atoms with Gasteiger partial charge in [0.15, 0.2) is 5.13 Å². The van der Waals surface area contributed by atoms with Crippen LogP contribution in [-0.2, 0) is 4.79 Å². The van der Waals surface area contributed by atoms with Gasteiger partial charge in [0.2, 0.25) is 5.91 Å². The molecule has 1 aromatic carbocycles. The second-order valence-electron chi connectivity index (χ2n) is 5.90. The number of aromatic nitrogens is 1. The number of ether oxygens (including phenoxy) is 2. The van der Waals surface area contributed by atoms with E-state index in [2.05, 4.69) is 9.88 Å². The van der Waals surface area contributed by atoms with Crippen LogP contribution in [0.1, 0.15) is 24.6 Å². The van der Waals surface area contributed by atoms with Crippen LogP contribution in [0.25, 0.3) is 0 Å². The van der Waals surface area contributed by atoms with E-state index in [0.29, 0.717) is 0 Å². The van der Waals surface area contributed by atoms with Gasteiger partial charge in [0.1, 0.15) is 17.7 Å². The molecule has 2 aromatic rings. The first kappa shape index (κ1) is 15.4. The Balaban J connectivity index is 1.85. The van der Waals surface area contributed by atoms with Crippen LogP contribution in [0.3, 0.4) is 0 Å². The van der Waals surface area contributed by atoms with Gasteiger partial charge in [-0.15, -0.1) is 11.3 Å². The Morgan fingerprint density at radius 1 is 1.29 bits per heavy atom. The molecule has 126 valence electrons. The molecule has 4 rings (SSSR count). The fraction of sp³-hybridized carbons (Fsp3) is 0.412. The highest BCUT2D eigenvalue weighted by atomic mass is 32.1. The Hall–Kier alpha value is -2.12. The van der Waals surface area contributed by atoms with Gasteiger partial charge in [0.05, 0.1) is 20.3 Å². The van der Waals surface area contributed by atoms with Crippen molar-refractivity contribution < 1.29 is 14.3 Å². The normalized spacial score (nSPS) is 23.6. The molecule has 1 aromatic heterocycles. The highest BCUT2D eigenvalue weighted by molar-refractivity contribution is 7.13. The van der Waals surface area contributed by atoms with E-state index in [9.17, 15) is 4.79 Å². The van der Waals surface area contributed by atoms with Gasteiger partial charge in [-0.3, -0.25) is 14.6 Å². The monoisotopic (exact) mass is 345 g/mol. The van der Waals surface area contributed by atoms with Gasteiger partial charge >= 0.3 is 0 Å². The number of thiazole rings is 1. The van der Waals surface area contributed by atoms with E-state index in [1.807, 2.05) is 28.5 Å². The van der Waals surface area contributed by atoms with Gasteiger partial charge in [-0.2, -0.15) is 0 Å². The van der Waals surface area contributed by atoms with Crippen molar-refractivity contribution in [1.82, 2.24) is 9.88 Å². The molecule has 2 fully saturated rings. The number of amides is 1. The fourth-order valence-corrected chi connectivity index (χ4v) is 4.34. The van der Waals surface area contributed by atoms with Crippen LogP contribution in [0.15, 0.2) is 29.8 Å². The summed E-state index contributed by atoms with van der Waals surface area (Å²) in [4.78, 5) is 21.4. The second kappa shape index (κ2) is 6.07. The Kier molecular flexibility index (Phi) is 3.90. The average molecular weight is 345 g/mol. The number of anilines is 1. The van der Waals surface area contributed by atoms with Crippen molar-refractivity contribution in [3.63, 3.8) is 0 Å². The smallest absolute Gasteiger partial charge is 0.247 e. The molecular formula is C17H19N3O3S. The summed E-state index contributed by atoms with van der Waals surface area (Å²) >= 11 is 1.48. The minimum Gasteiger partial charge on any atom is -0.497 e. The van der Waals surface area contributed by atoms with E-state index in [0.717, 1.165) is 41.6 Å². The molecule has 0 spiro atoms. The number of carbonyl (C=O) groups is 1. The molecule has 6 nitrogen and oxygen atoms in total. The van der Waals surface area contributed by atoms with Gasteiger partial charge in [0, 0.05) is 23.7 Å². The molecule has 1 amide bonds. The molecule has 2 atom stereocenters. The first-order valence-electron chi connectivity index (χ1n) is 7.95. The van der Waals surface area contributed by atoms with Crippen molar-refractivity contribution in [2.24, 2.45) is 0 Å². The zero-order valence-electron chi connectivity index (χ0n) is 13.6. The quantitative estimate of drug-likeness (QED) is 0.853. The van der Waals surface area contributed by atoms with E-state index in [1.54, 1.807) is 20.4 Å². The third-order valence-electron chi connectivity index (χ3n) is 4.72. The number of fused-ring (bicyclic) bond motifs is 1. The number of benzene rings is 1. The second-order valence-corrected chi connectivity index (χ2v) is 6.77. The number of rotatable bonds is 4. The minimum absolute atomic E-state index is 0.0743. The lowest BCUT2D eigenvalue weighted by Gasteiger charge is -2.29. The van der Waals surface area contributed by atoms with Gasteiger partial charge in [-0.05, 0) is 31.0 Å². The number of hydrogen-bond acceptors (Lipinski definition) is 6. The zero-order chi connectivity index (χ0) is 16.7. The largest absolute Gasteiger partial charge is 0.497 e. The summed E-state index contributed by atoms with van der Waals surface area (Å²) in [5.41, 5.74) is 0.935. The first-order valence-corrected chi connectivity index (χ1v) is 8.83. The molecule has 24 heavy (non-hydrogen) atoms. The minimum atomic E-state index is -0.207. The Morgan fingerprint density at radius 2 is 2.17 bits per heavy atom. The maximum absolute atomic E-state index is 13.0. The molecule has 2 aliphatic heterocycles. The lowest BCUT2D eigenvalue weighted by atomic mass is 10.1. The molecule has 0 N–H and O–H groups in total. The lowest BCUT2D eigenvalue weighted by Crippen LogP contribution is -2.32. The molecule has 2 aliphatic rings. The van der Waals surface area contributed by atoms with Gasteiger partial charge in [-0.1, -0.05) is 0 Å². The van der Waals surface area contributed by atoms with Gasteiger partial charge in [-0.25, -0.2) is 4.98 Å². The van der Waals surface area contributed by atoms with Crippen molar-refractivity contribution in [2.45, 2.75) is 25.0 Å². The predicted molar refractivity (Wildman–Crippen MR) is 91.6 cm³/mol. The van der Waals surface area contributed by atoms with Gasteiger partial charge < -0.3 is 9.47 Å².